The van der Waals surface area contributed by atoms with E-state index in [-0.39, 0.29) is 41.4 Å². The van der Waals surface area contributed by atoms with E-state index in [2.05, 4.69) is 16.0 Å². The summed E-state index contributed by atoms with van der Waals surface area (Å²) in [6, 6.07) is 5.89. The van der Waals surface area contributed by atoms with Gasteiger partial charge in [0.2, 0.25) is 5.91 Å². The second kappa shape index (κ2) is 12.8. The summed E-state index contributed by atoms with van der Waals surface area (Å²) in [6.07, 6.45) is -5.17. The highest BCUT2D eigenvalue weighted by molar-refractivity contribution is 8.14. The van der Waals surface area contributed by atoms with E-state index in [1.165, 1.54) is 18.2 Å². The Morgan fingerprint density at radius 3 is 2.56 bits per heavy atom. The van der Waals surface area contributed by atoms with Gasteiger partial charge in [0.05, 0.1) is 23.4 Å². The number of halogens is 6. The number of benzene rings is 2. The highest BCUT2D eigenvalue weighted by atomic mass is 35.5. The van der Waals surface area contributed by atoms with Crippen LogP contribution in [-0.2, 0) is 11.3 Å². The third-order valence-electron chi connectivity index (χ3n) is 6.85. The molecule has 8 nitrogen and oxygen atoms in total. The molecule has 2 aliphatic heterocycles. The van der Waals surface area contributed by atoms with Crippen molar-refractivity contribution in [3.8, 4) is 0 Å². The van der Waals surface area contributed by atoms with Crippen LogP contribution in [0.15, 0.2) is 30.3 Å². The van der Waals surface area contributed by atoms with E-state index in [0.717, 1.165) is 17.8 Å². The molecule has 222 valence electrons. The van der Waals surface area contributed by atoms with E-state index in [4.69, 9.17) is 11.6 Å². The van der Waals surface area contributed by atoms with Gasteiger partial charge in [-0.05, 0) is 31.2 Å². The Morgan fingerprint density at radius 2 is 1.90 bits per heavy atom. The van der Waals surface area contributed by atoms with Crippen LogP contribution in [0, 0.1) is 11.6 Å². The van der Waals surface area contributed by atoms with Crippen molar-refractivity contribution < 1.29 is 36.3 Å². The molecule has 0 radical (unpaired) electrons. The van der Waals surface area contributed by atoms with E-state index in [9.17, 15) is 36.3 Å². The molecule has 4 rings (SSSR count). The molecule has 2 heterocycles. The van der Waals surface area contributed by atoms with Gasteiger partial charge in [-0.25, -0.2) is 8.78 Å². The Kier molecular flexibility index (Phi) is 9.65. The fourth-order valence-electron chi connectivity index (χ4n) is 4.61. The molecule has 15 heteroatoms. The fourth-order valence-corrected chi connectivity index (χ4v) is 5.56. The number of alkyl halides is 3. The SMILES string of the molecule is C[C@H]1CN(c2cc(Cl)ccc2NC(=O)c2ccc(CNC(=O)C3CSC(=O)N3)c(F)c2F)CCN1CCC(F)(F)F. The van der Waals surface area contributed by atoms with Crippen LogP contribution in [0.2, 0.25) is 5.02 Å². The Bertz CT molecular complexity index is 1330. The minimum Gasteiger partial charge on any atom is -0.367 e. The average molecular weight is 620 g/mol. The molecule has 2 aromatic rings. The molecule has 2 atom stereocenters. The molecular weight excluding hydrogens is 593 g/mol. The molecule has 2 saturated heterocycles. The second-order valence-corrected chi connectivity index (χ2v) is 11.2. The maximum absolute atomic E-state index is 14.9. The van der Waals surface area contributed by atoms with Crippen molar-refractivity contribution in [2.24, 2.45) is 0 Å². The summed E-state index contributed by atoms with van der Waals surface area (Å²) >= 11 is 7.12. The monoisotopic (exact) mass is 619 g/mol. The van der Waals surface area contributed by atoms with Crippen LogP contribution in [0.25, 0.3) is 0 Å². The van der Waals surface area contributed by atoms with Gasteiger partial charge < -0.3 is 20.9 Å². The molecule has 0 aliphatic carbocycles. The van der Waals surface area contributed by atoms with Gasteiger partial charge in [0.25, 0.3) is 11.1 Å². The Morgan fingerprint density at radius 1 is 1.15 bits per heavy atom. The molecule has 2 aromatic carbocycles. The number of anilines is 2. The van der Waals surface area contributed by atoms with Crippen molar-refractivity contribution in [1.82, 2.24) is 15.5 Å². The number of rotatable bonds is 8. The van der Waals surface area contributed by atoms with Crippen LogP contribution in [-0.4, -0.2) is 72.1 Å². The molecule has 1 unspecified atom stereocenters. The van der Waals surface area contributed by atoms with Gasteiger partial charge in [0.15, 0.2) is 11.6 Å². The summed E-state index contributed by atoms with van der Waals surface area (Å²) in [5.41, 5.74) is 0.00531. The molecule has 0 saturated carbocycles. The van der Waals surface area contributed by atoms with Gasteiger partial charge in [-0.3, -0.25) is 19.3 Å². The first-order valence-corrected chi connectivity index (χ1v) is 14.0. The van der Waals surface area contributed by atoms with Crippen molar-refractivity contribution in [2.45, 2.75) is 38.1 Å². The lowest BCUT2D eigenvalue weighted by Crippen LogP contribution is -2.52. The summed E-state index contributed by atoms with van der Waals surface area (Å²) in [5, 5.41) is 7.47. The summed E-state index contributed by atoms with van der Waals surface area (Å²) in [5.74, 6) is -3.96. The third-order valence-corrected chi connectivity index (χ3v) is 7.96. The highest BCUT2D eigenvalue weighted by Gasteiger charge is 2.32. The zero-order chi connectivity index (χ0) is 29.9. The fraction of sp³-hybridized carbons (Fsp3) is 0.423. The van der Waals surface area contributed by atoms with Crippen LogP contribution in [0.4, 0.5) is 38.1 Å². The number of hydrogen-bond donors (Lipinski definition) is 3. The van der Waals surface area contributed by atoms with Crippen molar-refractivity contribution in [1.29, 1.82) is 0 Å². The Balaban J connectivity index is 1.43. The van der Waals surface area contributed by atoms with Crippen LogP contribution in [0.1, 0.15) is 29.3 Å². The van der Waals surface area contributed by atoms with Gasteiger partial charge in [-0.1, -0.05) is 29.4 Å². The molecule has 2 fully saturated rings. The van der Waals surface area contributed by atoms with E-state index < -0.39 is 47.7 Å². The van der Waals surface area contributed by atoms with Crippen LogP contribution < -0.4 is 20.9 Å². The normalized spacial score (nSPS) is 19.7. The summed E-state index contributed by atoms with van der Waals surface area (Å²) in [4.78, 5) is 40.0. The van der Waals surface area contributed by atoms with E-state index in [1.807, 2.05) is 4.90 Å². The maximum Gasteiger partial charge on any atom is 0.390 e. The zero-order valence-electron chi connectivity index (χ0n) is 21.8. The van der Waals surface area contributed by atoms with Crippen LogP contribution >= 0.6 is 23.4 Å². The first kappa shape index (κ1) is 30.8. The Labute approximate surface area is 241 Å². The summed E-state index contributed by atoms with van der Waals surface area (Å²) < 4.78 is 67.8. The minimum atomic E-state index is -4.25. The lowest BCUT2D eigenvalue weighted by atomic mass is 10.1. The first-order valence-electron chi connectivity index (χ1n) is 12.7. The van der Waals surface area contributed by atoms with Gasteiger partial charge in [0, 0.05) is 55.1 Å². The van der Waals surface area contributed by atoms with Crippen molar-refractivity contribution in [3.63, 3.8) is 0 Å². The van der Waals surface area contributed by atoms with E-state index in [0.29, 0.717) is 30.3 Å². The van der Waals surface area contributed by atoms with E-state index in [1.54, 1.807) is 17.9 Å². The number of nitrogens with one attached hydrogen (secondary N) is 3. The number of carbonyl (C=O) groups is 3. The smallest absolute Gasteiger partial charge is 0.367 e. The van der Waals surface area contributed by atoms with Gasteiger partial charge in [-0.2, -0.15) is 13.2 Å². The largest absolute Gasteiger partial charge is 0.390 e. The number of piperazine rings is 1. The minimum absolute atomic E-state index is 0.127. The number of carbonyl (C=O) groups excluding carboxylic acids is 3. The number of nitrogens with zero attached hydrogens (tertiary/aromatic N) is 2. The lowest BCUT2D eigenvalue weighted by molar-refractivity contribution is -0.139. The molecule has 0 bridgehead atoms. The van der Waals surface area contributed by atoms with Gasteiger partial charge in [0.1, 0.15) is 6.04 Å². The molecule has 3 amide bonds. The highest BCUT2D eigenvalue weighted by Crippen LogP contribution is 2.32. The maximum atomic E-state index is 14.9. The molecule has 0 aromatic heterocycles. The standard InChI is InChI=1S/C26H27ClF5N5O3S/c1-14-12-37(9-8-36(14)7-6-26(30,31)32)20-10-16(27)3-5-18(20)34-23(38)17-4-2-15(21(28)22(17)29)11-33-24(39)19-13-41-25(40)35-19/h2-5,10,14,19H,6-9,11-13H2,1H3,(H,33,39)(H,34,38)(H,35,40)/t14-,19?/m0/s1. The van der Waals surface area contributed by atoms with Crippen molar-refractivity contribution in [2.75, 3.05) is 42.1 Å². The molecule has 0 spiro atoms. The van der Waals surface area contributed by atoms with Crippen LogP contribution in [0.5, 0.6) is 0 Å². The number of hydrogen-bond acceptors (Lipinski definition) is 6. The van der Waals surface area contributed by atoms with Crippen molar-refractivity contribution >= 4 is 51.8 Å². The third kappa shape index (κ3) is 7.80. The Hall–Kier alpha value is -3.10. The predicted octanol–water partition coefficient (Wildman–Crippen LogP) is 4.77. The lowest BCUT2D eigenvalue weighted by Gasteiger charge is -2.41. The molecule has 41 heavy (non-hydrogen) atoms. The quantitative estimate of drug-likeness (QED) is 0.369. The molecule has 2 aliphatic rings. The summed E-state index contributed by atoms with van der Waals surface area (Å²) in [7, 11) is 0. The number of amides is 3. The van der Waals surface area contributed by atoms with Gasteiger partial charge in [-0.15, -0.1) is 0 Å². The van der Waals surface area contributed by atoms with Crippen molar-refractivity contribution in [3.05, 3.63) is 58.1 Å². The predicted molar refractivity (Wildman–Crippen MR) is 146 cm³/mol. The number of thioether (sulfide) groups is 1. The zero-order valence-corrected chi connectivity index (χ0v) is 23.4. The summed E-state index contributed by atoms with van der Waals surface area (Å²) in [6.45, 7) is 2.39. The van der Waals surface area contributed by atoms with Crippen LogP contribution in [0.3, 0.4) is 0 Å². The first-order chi connectivity index (χ1) is 19.3. The second-order valence-electron chi connectivity index (χ2n) is 9.73. The molecular formula is C26H27ClF5N5O3S. The average Bonchev–Trinajstić information content (AvgIpc) is 3.35. The van der Waals surface area contributed by atoms with E-state index >= 15 is 0 Å². The molecule has 3 N–H and O–H groups in total. The topological polar surface area (TPSA) is 93.8 Å². The van der Waals surface area contributed by atoms with Gasteiger partial charge >= 0.3 is 6.18 Å².